The molecule has 20 heavy (non-hydrogen) atoms. The second-order valence-corrected chi connectivity index (χ2v) is 7.07. The number of nitrogens with one attached hydrogen (secondary N) is 2. The first-order valence-electron chi connectivity index (χ1n) is 6.38. The Labute approximate surface area is 124 Å². The highest BCUT2D eigenvalue weighted by Crippen LogP contribution is 2.20. The van der Waals surface area contributed by atoms with Crippen molar-refractivity contribution < 1.29 is 8.42 Å². The molecule has 5 nitrogen and oxygen atoms in total. The minimum Gasteiger partial charge on any atom is -0.314 e. The van der Waals surface area contributed by atoms with E-state index in [0.717, 1.165) is 19.4 Å². The van der Waals surface area contributed by atoms with Crippen molar-refractivity contribution in [3.63, 3.8) is 0 Å². The SMILES string of the molecule is CC1CC(NS(=O)(=O)c2ccc(Cl)c(C#N)c2)CCN1. The molecule has 0 amide bonds. The summed E-state index contributed by atoms with van der Waals surface area (Å²) in [6, 6.07) is 6.23. The molecule has 1 saturated heterocycles. The summed E-state index contributed by atoms with van der Waals surface area (Å²) < 4.78 is 27.3. The van der Waals surface area contributed by atoms with Gasteiger partial charge in [-0.05, 0) is 44.5 Å². The lowest BCUT2D eigenvalue weighted by Gasteiger charge is -2.28. The van der Waals surface area contributed by atoms with Gasteiger partial charge in [0, 0.05) is 12.1 Å². The molecular formula is C13H16ClN3O2S. The second-order valence-electron chi connectivity index (χ2n) is 4.95. The number of hydrogen-bond acceptors (Lipinski definition) is 4. The lowest BCUT2D eigenvalue weighted by molar-refractivity contribution is 0.361. The fourth-order valence-electron chi connectivity index (χ4n) is 2.28. The van der Waals surface area contributed by atoms with Gasteiger partial charge in [0.25, 0.3) is 0 Å². The Morgan fingerprint density at radius 1 is 1.50 bits per heavy atom. The molecule has 0 bridgehead atoms. The number of sulfonamides is 1. The quantitative estimate of drug-likeness (QED) is 0.888. The highest BCUT2D eigenvalue weighted by Gasteiger charge is 2.24. The van der Waals surface area contributed by atoms with Gasteiger partial charge in [0.15, 0.2) is 0 Å². The smallest absolute Gasteiger partial charge is 0.240 e. The predicted octanol–water partition coefficient (Wildman–Crippen LogP) is 1.63. The van der Waals surface area contributed by atoms with E-state index in [1.165, 1.54) is 18.2 Å². The summed E-state index contributed by atoms with van der Waals surface area (Å²) in [5.41, 5.74) is 0.160. The largest absolute Gasteiger partial charge is 0.314 e. The number of hydrogen-bond donors (Lipinski definition) is 2. The molecular weight excluding hydrogens is 298 g/mol. The van der Waals surface area contributed by atoms with Gasteiger partial charge < -0.3 is 5.32 Å². The van der Waals surface area contributed by atoms with Crippen LogP contribution in [-0.2, 0) is 10.0 Å². The van der Waals surface area contributed by atoms with Gasteiger partial charge in [-0.3, -0.25) is 0 Å². The number of rotatable bonds is 3. The van der Waals surface area contributed by atoms with Crippen molar-refractivity contribution in [1.29, 1.82) is 5.26 Å². The van der Waals surface area contributed by atoms with Gasteiger partial charge in [0.2, 0.25) is 10.0 Å². The zero-order valence-corrected chi connectivity index (χ0v) is 12.6. The summed E-state index contributed by atoms with van der Waals surface area (Å²) >= 11 is 5.81. The summed E-state index contributed by atoms with van der Waals surface area (Å²) in [5, 5.41) is 12.4. The molecule has 1 aliphatic rings. The molecule has 2 N–H and O–H groups in total. The van der Waals surface area contributed by atoms with Gasteiger partial charge in [0.1, 0.15) is 6.07 Å². The van der Waals surface area contributed by atoms with Crippen LogP contribution in [0.5, 0.6) is 0 Å². The maximum Gasteiger partial charge on any atom is 0.240 e. The third-order valence-corrected chi connectivity index (χ3v) is 5.16. The molecule has 1 heterocycles. The van der Waals surface area contributed by atoms with E-state index >= 15 is 0 Å². The van der Waals surface area contributed by atoms with E-state index in [2.05, 4.69) is 10.0 Å². The topological polar surface area (TPSA) is 82.0 Å². The Bertz CT molecular complexity index is 640. The normalized spacial score (nSPS) is 23.2. The minimum absolute atomic E-state index is 0.0737. The summed E-state index contributed by atoms with van der Waals surface area (Å²) in [7, 11) is -3.62. The van der Waals surface area contributed by atoms with Crippen LogP contribution >= 0.6 is 11.6 Å². The Morgan fingerprint density at radius 2 is 2.25 bits per heavy atom. The molecule has 108 valence electrons. The molecule has 1 aliphatic heterocycles. The van der Waals surface area contributed by atoms with Gasteiger partial charge in [-0.1, -0.05) is 11.6 Å². The zero-order valence-electron chi connectivity index (χ0n) is 11.1. The van der Waals surface area contributed by atoms with E-state index in [4.69, 9.17) is 16.9 Å². The standard InChI is InChI=1S/C13H16ClN3O2S/c1-9-6-11(4-5-16-9)17-20(18,19)12-2-3-13(14)10(7-12)8-15/h2-3,7,9,11,16-17H,4-6H2,1H3. The van der Waals surface area contributed by atoms with Crippen molar-refractivity contribution in [2.45, 2.75) is 36.7 Å². The van der Waals surface area contributed by atoms with Crippen LogP contribution in [0.25, 0.3) is 0 Å². The fraction of sp³-hybridized carbons (Fsp3) is 0.462. The Morgan fingerprint density at radius 3 is 2.90 bits per heavy atom. The number of piperidine rings is 1. The third kappa shape index (κ3) is 3.49. The first-order valence-corrected chi connectivity index (χ1v) is 8.24. The Kier molecular flexibility index (Phi) is 4.66. The van der Waals surface area contributed by atoms with Gasteiger partial charge in [-0.25, -0.2) is 13.1 Å². The average Bonchev–Trinajstić information content (AvgIpc) is 2.38. The van der Waals surface area contributed by atoms with E-state index in [9.17, 15) is 8.42 Å². The van der Waals surface area contributed by atoms with Crippen LogP contribution in [0.4, 0.5) is 0 Å². The summed E-state index contributed by atoms with van der Waals surface area (Å²) in [5.74, 6) is 0. The van der Waals surface area contributed by atoms with Crippen LogP contribution in [0.1, 0.15) is 25.3 Å². The number of halogens is 1. The molecule has 0 aliphatic carbocycles. The van der Waals surface area contributed by atoms with Crippen LogP contribution in [0.3, 0.4) is 0 Å². The van der Waals surface area contributed by atoms with Crippen molar-refractivity contribution in [2.75, 3.05) is 6.54 Å². The molecule has 2 rings (SSSR count). The van der Waals surface area contributed by atoms with Gasteiger partial charge in [-0.15, -0.1) is 0 Å². The van der Waals surface area contributed by atoms with Crippen molar-refractivity contribution in [2.24, 2.45) is 0 Å². The summed E-state index contributed by atoms with van der Waals surface area (Å²) in [6.07, 6.45) is 1.50. The Balaban J connectivity index is 2.20. The maximum absolute atomic E-state index is 12.3. The first kappa shape index (κ1) is 15.3. The van der Waals surface area contributed by atoms with Crippen molar-refractivity contribution in [3.8, 4) is 6.07 Å². The molecule has 0 radical (unpaired) electrons. The second kappa shape index (κ2) is 6.10. The van der Waals surface area contributed by atoms with E-state index in [1.54, 1.807) is 0 Å². The molecule has 0 aromatic heterocycles. The zero-order chi connectivity index (χ0) is 14.8. The lowest BCUT2D eigenvalue weighted by atomic mass is 10.0. The van der Waals surface area contributed by atoms with Crippen LogP contribution in [0.15, 0.2) is 23.1 Å². The summed E-state index contributed by atoms with van der Waals surface area (Å²) in [4.78, 5) is 0.0737. The highest BCUT2D eigenvalue weighted by atomic mass is 35.5. The van der Waals surface area contributed by atoms with E-state index < -0.39 is 10.0 Å². The Hall–Kier alpha value is -1.13. The first-order chi connectivity index (χ1) is 9.42. The molecule has 1 aromatic carbocycles. The maximum atomic E-state index is 12.3. The van der Waals surface area contributed by atoms with Crippen LogP contribution < -0.4 is 10.0 Å². The van der Waals surface area contributed by atoms with Crippen molar-refractivity contribution in [3.05, 3.63) is 28.8 Å². The predicted molar refractivity (Wildman–Crippen MR) is 77.0 cm³/mol. The minimum atomic E-state index is -3.62. The lowest BCUT2D eigenvalue weighted by Crippen LogP contribution is -2.46. The molecule has 0 saturated carbocycles. The van der Waals surface area contributed by atoms with Gasteiger partial charge >= 0.3 is 0 Å². The molecule has 2 atom stereocenters. The van der Waals surface area contributed by atoms with Crippen LogP contribution in [-0.4, -0.2) is 27.0 Å². The molecule has 1 aromatic rings. The van der Waals surface area contributed by atoms with E-state index in [1.807, 2.05) is 13.0 Å². The van der Waals surface area contributed by atoms with E-state index in [0.29, 0.717) is 0 Å². The van der Waals surface area contributed by atoms with Gasteiger partial charge in [-0.2, -0.15) is 5.26 Å². The number of nitriles is 1. The van der Waals surface area contributed by atoms with Crippen molar-refractivity contribution >= 4 is 21.6 Å². The third-order valence-electron chi connectivity index (χ3n) is 3.31. The van der Waals surface area contributed by atoms with Crippen LogP contribution in [0, 0.1) is 11.3 Å². The monoisotopic (exact) mass is 313 g/mol. The summed E-state index contributed by atoms with van der Waals surface area (Å²) in [6.45, 7) is 2.81. The molecule has 7 heteroatoms. The highest BCUT2D eigenvalue weighted by molar-refractivity contribution is 7.89. The average molecular weight is 314 g/mol. The number of nitrogens with zero attached hydrogens (tertiary/aromatic N) is 1. The van der Waals surface area contributed by atoms with Gasteiger partial charge in [0.05, 0.1) is 15.5 Å². The molecule has 0 spiro atoms. The van der Waals surface area contributed by atoms with E-state index in [-0.39, 0.29) is 27.6 Å². The fourth-order valence-corrected chi connectivity index (χ4v) is 3.75. The van der Waals surface area contributed by atoms with Crippen molar-refractivity contribution in [1.82, 2.24) is 10.0 Å². The number of benzene rings is 1. The molecule has 1 fully saturated rings. The molecule has 2 unspecified atom stereocenters. The van der Waals surface area contributed by atoms with Crippen LogP contribution in [0.2, 0.25) is 5.02 Å².